The number of nitrogens with one attached hydrogen (secondary N) is 1. The summed E-state index contributed by atoms with van der Waals surface area (Å²) >= 11 is 3.48. The van der Waals surface area contributed by atoms with Crippen molar-refractivity contribution in [3.05, 3.63) is 45.6 Å². The highest BCUT2D eigenvalue weighted by Crippen LogP contribution is 2.31. The molecule has 1 fully saturated rings. The fourth-order valence-corrected chi connectivity index (χ4v) is 3.95. The van der Waals surface area contributed by atoms with E-state index in [1.807, 2.05) is 26.0 Å². The van der Waals surface area contributed by atoms with Crippen LogP contribution in [0.25, 0.3) is 0 Å². The molecule has 0 radical (unpaired) electrons. The molecule has 0 aliphatic carbocycles. The van der Waals surface area contributed by atoms with Crippen LogP contribution in [0.4, 0.5) is 5.69 Å². The number of nitrogens with zero attached hydrogens (tertiary/aromatic N) is 2. The van der Waals surface area contributed by atoms with E-state index in [-0.39, 0.29) is 17.5 Å². The molecular weight excluding hydrogens is 386 g/mol. The van der Waals surface area contributed by atoms with Gasteiger partial charge in [-0.2, -0.15) is 0 Å². The van der Waals surface area contributed by atoms with Crippen molar-refractivity contribution >= 4 is 33.4 Å². The minimum absolute atomic E-state index is 0.0895. The monoisotopic (exact) mass is 405 g/mol. The van der Waals surface area contributed by atoms with Gasteiger partial charge in [-0.1, -0.05) is 15.9 Å². The molecule has 3 rings (SSSR count). The molecule has 0 bridgehead atoms. The van der Waals surface area contributed by atoms with Crippen LogP contribution in [0.3, 0.4) is 0 Å². The molecule has 1 aromatic heterocycles. The quantitative estimate of drug-likeness (QED) is 0.849. The predicted octanol–water partition coefficient (Wildman–Crippen LogP) is 3.29. The Kier molecular flexibility index (Phi) is 4.94. The lowest BCUT2D eigenvalue weighted by molar-refractivity contribution is -0.121. The summed E-state index contributed by atoms with van der Waals surface area (Å²) in [7, 11) is 0. The van der Waals surface area contributed by atoms with Gasteiger partial charge in [-0.25, -0.2) is 4.98 Å². The second kappa shape index (κ2) is 7.00. The molecule has 1 aliphatic rings. The van der Waals surface area contributed by atoms with Crippen LogP contribution in [0.1, 0.15) is 40.3 Å². The van der Waals surface area contributed by atoms with E-state index in [0.717, 1.165) is 27.7 Å². The van der Waals surface area contributed by atoms with E-state index in [0.29, 0.717) is 18.9 Å². The largest absolute Gasteiger partial charge is 0.448 e. The number of aryl methyl sites for hydroxylation is 3. The van der Waals surface area contributed by atoms with E-state index >= 15 is 0 Å². The van der Waals surface area contributed by atoms with Gasteiger partial charge in [-0.05, 0) is 49.9 Å². The van der Waals surface area contributed by atoms with Gasteiger partial charge < -0.3 is 14.6 Å². The predicted molar refractivity (Wildman–Crippen MR) is 97.7 cm³/mol. The molecule has 7 heteroatoms. The number of carbonyl (C=O) groups excluding carboxylic acids is 2. The number of halogens is 1. The van der Waals surface area contributed by atoms with E-state index in [1.54, 1.807) is 11.8 Å². The first kappa shape index (κ1) is 17.7. The van der Waals surface area contributed by atoms with Crippen molar-refractivity contribution in [1.29, 1.82) is 0 Å². The first-order valence-electron chi connectivity index (χ1n) is 8.18. The van der Waals surface area contributed by atoms with Crippen LogP contribution in [0.15, 0.2) is 27.3 Å². The Morgan fingerprint density at radius 1 is 1.32 bits per heavy atom. The number of piperidine rings is 1. The third-order valence-corrected chi connectivity index (χ3v) is 4.78. The number of hydrogen-bond donors (Lipinski definition) is 1. The van der Waals surface area contributed by atoms with Crippen molar-refractivity contribution in [2.45, 2.75) is 39.7 Å². The Hall–Kier alpha value is -2.15. The van der Waals surface area contributed by atoms with Crippen LogP contribution in [0, 0.1) is 20.8 Å². The topological polar surface area (TPSA) is 75.4 Å². The fraction of sp³-hybridized carbons (Fsp3) is 0.389. The zero-order chi connectivity index (χ0) is 18.1. The lowest BCUT2D eigenvalue weighted by atomic mass is 10.0. The van der Waals surface area contributed by atoms with E-state index in [4.69, 9.17) is 4.42 Å². The summed E-state index contributed by atoms with van der Waals surface area (Å²) in [5.74, 6) is -0.0579. The van der Waals surface area contributed by atoms with Crippen LogP contribution in [-0.4, -0.2) is 29.4 Å². The molecule has 132 valence electrons. The molecule has 0 spiro atoms. The minimum Gasteiger partial charge on any atom is -0.448 e. The van der Waals surface area contributed by atoms with Gasteiger partial charge >= 0.3 is 0 Å². The van der Waals surface area contributed by atoms with Gasteiger partial charge in [0.25, 0.3) is 5.91 Å². The average Bonchev–Trinajstić information content (AvgIpc) is 2.96. The highest BCUT2D eigenvalue weighted by molar-refractivity contribution is 9.10. The summed E-state index contributed by atoms with van der Waals surface area (Å²) in [6.45, 7) is 6.29. The van der Waals surface area contributed by atoms with Crippen molar-refractivity contribution in [2.75, 3.05) is 11.4 Å². The van der Waals surface area contributed by atoms with Gasteiger partial charge in [0.15, 0.2) is 11.6 Å². The smallest absolute Gasteiger partial charge is 0.273 e. The minimum atomic E-state index is -0.555. The van der Waals surface area contributed by atoms with E-state index in [9.17, 15) is 9.59 Å². The molecule has 1 unspecified atom stereocenters. The lowest BCUT2D eigenvalue weighted by Crippen LogP contribution is -2.52. The van der Waals surface area contributed by atoms with Crippen molar-refractivity contribution in [3.63, 3.8) is 0 Å². The average molecular weight is 406 g/mol. The number of oxazole rings is 1. The van der Waals surface area contributed by atoms with Gasteiger partial charge in [-0.3, -0.25) is 9.59 Å². The lowest BCUT2D eigenvalue weighted by Gasteiger charge is -2.34. The standard InChI is InChI=1S/C18H20BrN3O3/c1-10-7-13(19)8-11(2)16(10)22-6-4-5-14(18(22)24)21-17(23)15-9-25-12(3)20-15/h7-9,14H,4-6H2,1-3H3,(H,21,23). The van der Waals surface area contributed by atoms with Crippen LogP contribution < -0.4 is 10.2 Å². The zero-order valence-corrected chi connectivity index (χ0v) is 16.0. The molecule has 2 amide bonds. The SMILES string of the molecule is Cc1nc(C(=O)NC2CCCN(c3c(C)cc(Br)cc3C)C2=O)co1. The molecule has 6 nitrogen and oxygen atoms in total. The van der Waals surface area contributed by atoms with Crippen LogP contribution >= 0.6 is 15.9 Å². The van der Waals surface area contributed by atoms with E-state index < -0.39 is 6.04 Å². The summed E-state index contributed by atoms with van der Waals surface area (Å²) in [6, 6.07) is 3.44. The number of hydrogen-bond acceptors (Lipinski definition) is 4. The maximum absolute atomic E-state index is 12.9. The first-order valence-corrected chi connectivity index (χ1v) is 8.97. The number of anilines is 1. The molecule has 2 aromatic rings. The molecule has 1 saturated heterocycles. The zero-order valence-electron chi connectivity index (χ0n) is 14.4. The molecule has 1 aromatic carbocycles. The van der Waals surface area contributed by atoms with Gasteiger partial charge in [-0.15, -0.1) is 0 Å². The van der Waals surface area contributed by atoms with Crippen LogP contribution in [0.2, 0.25) is 0 Å². The number of aromatic nitrogens is 1. The fourth-order valence-electron chi connectivity index (χ4n) is 3.26. The van der Waals surface area contributed by atoms with Crippen molar-refractivity contribution in [2.24, 2.45) is 0 Å². The summed E-state index contributed by atoms with van der Waals surface area (Å²) in [5.41, 5.74) is 3.17. The highest BCUT2D eigenvalue weighted by Gasteiger charge is 2.32. The summed E-state index contributed by atoms with van der Waals surface area (Å²) < 4.78 is 6.05. The molecule has 2 heterocycles. The number of benzene rings is 1. The molecule has 1 aliphatic heterocycles. The van der Waals surface area contributed by atoms with Gasteiger partial charge in [0, 0.05) is 23.6 Å². The van der Waals surface area contributed by atoms with Gasteiger partial charge in [0.2, 0.25) is 5.91 Å². The van der Waals surface area contributed by atoms with Gasteiger partial charge in [0.1, 0.15) is 12.3 Å². The molecular formula is C18H20BrN3O3. The van der Waals surface area contributed by atoms with E-state index in [2.05, 4.69) is 26.2 Å². The molecule has 1 N–H and O–H groups in total. The summed E-state index contributed by atoms with van der Waals surface area (Å²) in [4.78, 5) is 31.0. The van der Waals surface area contributed by atoms with Crippen LogP contribution in [-0.2, 0) is 4.79 Å². The van der Waals surface area contributed by atoms with Crippen molar-refractivity contribution in [3.8, 4) is 0 Å². The molecule has 1 atom stereocenters. The maximum Gasteiger partial charge on any atom is 0.273 e. The molecule has 0 saturated carbocycles. The normalized spacial score (nSPS) is 17.7. The van der Waals surface area contributed by atoms with E-state index in [1.165, 1.54) is 6.26 Å². The second-order valence-electron chi connectivity index (χ2n) is 6.30. The Balaban J connectivity index is 1.81. The maximum atomic E-state index is 12.9. The highest BCUT2D eigenvalue weighted by atomic mass is 79.9. The second-order valence-corrected chi connectivity index (χ2v) is 7.21. The number of carbonyl (C=O) groups is 2. The molecule has 25 heavy (non-hydrogen) atoms. The first-order chi connectivity index (χ1) is 11.9. The van der Waals surface area contributed by atoms with Crippen molar-refractivity contribution < 1.29 is 14.0 Å². The Bertz CT molecular complexity index is 808. The Morgan fingerprint density at radius 2 is 2.00 bits per heavy atom. The van der Waals surface area contributed by atoms with Crippen LogP contribution in [0.5, 0.6) is 0 Å². The summed E-state index contributed by atoms with van der Waals surface area (Å²) in [5, 5.41) is 2.79. The number of amides is 2. The summed E-state index contributed by atoms with van der Waals surface area (Å²) in [6.07, 6.45) is 2.74. The third-order valence-electron chi connectivity index (χ3n) is 4.32. The Labute approximate surface area is 154 Å². The number of rotatable bonds is 3. The van der Waals surface area contributed by atoms with Crippen molar-refractivity contribution in [1.82, 2.24) is 10.3 Å². The van der Waals surface area contributed by atoms with Gasteiger partial charge in [0.05, 0.1) is 0 Å². The third kappa shape index (κ3) is 3.61. The Morgan fingerprint density at radius 3 is 2.60 bits per heavy atom.